The smallest absolute Gasteiger partial charge is 0.481 e. The molecule has 0 fully saturated rings. The Morgan fingerprint density at radius 1 is 0.549 bits per heavy atom. The van der Waals surface area contributed by atoms with E-state index in [0.29, 0.717) is 31.2 Å². The zero-order valence-corrected chi connectivity index (χ0v) is 45.9. The van der Waals surface area contributed by atoms with Gasteiger partial charge in [0, 0.05) is 12.8 Å². The van der Waals surface area contributed by atoms with Crippen molar-refractivity contribution in [1.29, 1.82) is 0 Å². The number of carboxylic acids is 4. The van der Waals surface area contributed by atoms with Crippen LogP contribution in [0.25, 0.3) is 0 Å². The highest BCUT2D eigenvalue weighted by Gasteiger charge is 2.40. The van der Waals surface area contributed by atoms with Crippen molar-refractivity contribution in [3.05, 3.63) is 35.9 Å². The molecule has 466 valence electrons. The lowest BCUT2D eigenvalue weighted by molar-refractivity contribution is -0.193. The Kier molecular flexibility index (Phi) is 35.5. The first kappa shape index (κ1) is 76.4. The highest BCUT2D eigenvalue weighted by atomic mass is 19.4. The van der Waals surface area contributed by atoms with Gasteiger partial charge in [-0.25, -0.2) is 14.4 Å². The number of alkyl halides is 6. The number of carbonyl (C=O) groups excluding carboxylic acids is 8. The summed E-state index contributed by atoms with van der Waals surface area (Å²) in [6.07, 6.45) is -10.7. The van der Waals surface area contributed by atoms with Crippen LogP contribution >= 0.6 is 0 Å². The maximum absolute atomic E-state index is 14.2. The topological polar surface area (TPSA) is 468 Å². The summed E-state index contributed by atoms with van der Waals surface area (Å²) in [4.78, 5) is 150. The number of amides is 8. The third kappa shape index (κ3) is 31.4. The molecule has 1 rings (SSSR count). The van der Waals surface area contributed by atoms with E-state index in [-0.39, 0.29) is 31.7 Å². The first-order valence-electron chi connectivity index (χ1n) is 25.4. The summed E-state index contributed by atoms with van der Waals surface area (Å²) >= 11 is 0. The number of aliphatic hydroxyl groups excluding tert-OH is 1. The molecule has 0 aromatic heterocycles. The minimum atomic E-state index is -5.08. The fraction of sp³-hybridized carbons (Fsp3) is 0.633. The Bertz CT molecular complexity index is 2260. The molecule has 0 heterocycles. The predicted molar refractivity (Wildman–Crippen MR) is 276 cm³/mol. The van der Waals surface area contributed by atoms with Gasteiger partial charge in [-0.3, -0.25) is 43.2 Å². The third-order valence-electron chi connectivity index (χ3n) is 11.7. The number of carbonyl (C=O) groups is 12. The van der Waals surface area contributed by atoms with Gasteiger partial charge in [-0.15, -0.1) is 0 Å². The van der Waals surface area contributed by atoms with Crippen molar-refractivity contribution >= 4 is 71.1 Å². The van der Waals surface area contributed by atoms with Gasteiger partial charge in [0.25, 0.3) is 0 Å². The molecule has 33 heteroatoms. The van der Waals surface area contributed by atoms with Gasteiger partial charge in [0.05, 0.1) is 13.0 Å². The minimum absolute atomic E-state index is 0.0119. The zero-order valence-electron chi connectivity index (χ0n) is 45.9. The summed E-state index contributed by atoms with van der Waals surface area (Å²) < 4.78 is 63.5. The number of aliphatic carboxylic acids is 4. The van der Waals surface area contributed by atoms with E-state index < -0.39 is 170 Å². The van der Waals surface area contributed by atoms with Gasteiger partial charge in [-0.1, -0.05) is 84.7 Å². The lowest BCUT2D eigenvalue weighted by atomic mass is 9.94. The molecule has 10 atom stereocenters. The molecule has 18 N–H and O–H groups in total. The molecule has 0 spiro atoms. The van der Waals surface area contributed by atoms with Crippen molar-refractivity contribution in [1.82, 2.24) is 37.2 Å². The summed E-state index contributed by atoms with van der Waals surface area (Å²) in [5.41, 5.74) is 17.3. The van der Waals surface area contributed by atoms with Crippen LogP contribution in [0.4, 0.5) is 26.3 Å². The first-order chi connectivity index (χ1) is 37.9. The second-order valence-corrected chi connectivity index (χ2v) is 19.0. The van der Waals surface area contributed by atoms with E-state index in [9.17, 15) is 89.6 Å². The van der Waals surface area contributed by atoms with Crippen molar-refractivity contribution in [2.75, 3.05) is 13.2 Å². The number of hydrogen-bond donors (Lipinski definition) is 15. The van der Waals surface area contributed by atoms with Gasteiger partial charge in [-0.05, 0) is 62.0 Å². The number of primary amides is 1. The number of hydrogen-bond acceptors (Lipinski definition) is 15. The average molecular weight is 1190 g/mol. The summed E-state index contributed by atoms with van der Waals surface area (Å²) in [5.74, 6) is -16.7. The van der Waals surface area contributed by atoms with Crippen LogP contribution in [0.2, 0.25) is 0 Å². The molecule has 27 nitrogen and oxygen atoms in total. The monoisotopic (exact) mass is 1190 g/mol. The van der Waals surface area contributed by atoms with E-state index in [1.54, 1.807) is 71.9 Å². The van der Waals surface area contributed by atoms with E-state index in [1.807, 2.05) is 0 Å². The number of nitrogens with two attached hydrogens (primary N) is 3. The molecular formula is C49H76F6N10O17. The van der Waals surface area contributed by atoms with Crippen molar-refractivity contribution in [2.45, 2.75) is 166 Å². The van der Waals surface area contributed by atoms with Crippen LogP contribution in [-0.2, 0) is 64.0 Å². The number of aliphatic hydroxyl groups is 1. The van der Waals surface area contributed by atoms with Crippen molar-refractivity contribution < 1.29 is 109 Å². The second kappa shape index (κ2) is 38.1. The normalized spacial score (nSPS) is 14.8. The molecule has 0 aliphatic rings. The van der Waals surface area contributed by atoms with Gasteiger partial charge in [0.15, 0.2) is 0 Å². The van der Waals surface area contributed by atoms with Crippen molar-refractivity contribution in [3.63, 3.8) is 0 Å². The maximum Gasteiger partial charge on any atom is 0.490 e. The molecule has 1 aromatic carbocycles. The molecule has 0 aliphatic heterocycles. The zero-order chi connectivity index (χ0) is 63.8. The van der Waals surface area contributed by atoms with Crippen LogP contribution in [0.5, 0.6) is 0 Å². The van der Waals surface area contributed by atoms with Crippen molar-refractivity contribution in [3.8, 4) is 0 Å². The largest absolute Gasteiger partial charge is 0.490 e. The van der Waals surface area contributed by atoms with Gasteiger partial charge in [-0.2, -0.15) is 26.3 Å². The van der Waals surface area contributed by atoms with Crippen LogP contribution in [0, 0.1) is 17.8 Å². The molecule has 82 heavy (non-hydrogen) atoms. The lowest BCUT2D eigenvalue weighted by Crippen LogP contribution is -2.62. The molecule has 0 bridgehead atoms. The Balaban J connectivity index is 0. The Hall–Kier alpha value is -7.68. The number of halogens is 6. The van der Waals surface area contributed by atoms with Gasteiger partial charge >= 0.3 is 36.2 Å². The first-order valence-corrected chi connectivity index (χ1v) is 25.4. The summed E-state index contributed by atoms with van der Waals surface area (Å²) in [6.45, 7) is 9.90. The quantitative estimate of drug-likeness (QED) is 0.0306. The number of carboxylic acid groups (broad SMARTS) is 4. The van der Waals surface area contributed by atoms with Crippen LogP contribution < -0.4 is 54.4 Å². The van der Waals surface area contributed by atoms with E-state index in [1.165, 1.54) is 0 Å². The second-order valence-electron chi connectivity index (χ2n) is 19.0. The number of unbranched alkanes of at least 4 members (excludes halogenated alkanes) is 1. The Labute approximate surface area is 467 Å². The number of nitrogens with one attached hydrogen (secondary N) is 7. The van der Waals surface area contributed by atoms with Gasteiger partial charge < -0.3 is 80.0 Å². The average Bonchev–Trinajstić information content (AvgIpc) is 3.38. The minimum Gasteiger partial charge on any atom is -0.481 e. The van der Waals surface area contributed by atoms with E-state index in [4.69, 9.17) is 37.0 Å². The van der Waals surface area contributed by atoms with Crippen LogP contribution in [0.3, 0.4) is 0 Å². The highest BCUT2D eigenvalue weighted by molar-refractivity contribution is 5.99. The van der Waals surface area contributed by atoms with E-state index in [2.05, 4.69) is 37.2 Å². The van der Waals surface area contributed by atoms with Crippen LogP contribution in [0.15, 0.2) is 30.3 Å². The molecule has 0 unspecified atom stereocenters. The van der Waals surface area contributed by atoms with E-state index in [0.717, 1.165) is 0 Å². The van der Waals surface area contributed by atoms with Crippen LogP contribution in [-0.4, -0.2) is 171 Å². The summed E-state index contributed by atoms with van der Waals surface area (Å²) in [5, 5.41) is 60.4. The molecule has 1 aromatic rings. The predicted octanol–water partition coefficient (Wildman–Crippen LogP) is -0.699. The van der Waals surface area contributed by atoms with Gasteiger partial charge in [0.2, 0.25) is 47.3 Å². The molecule has 0 radical (unpaired) electrons. The molecular weight excluding hydrogens is 1110 g/mol. The maximum atomic E-state index is 14.2. The molecule has 8 amide bonds. The number of rotatable bonds is 33. The van der Waals surface area contributed by atoms with Crippen LogP contribution in [0.1, 0.15) is 105 Å². The lowest BCUT2D eigenvalue weighted by Gasteiger charge is -2.30. The SMILES string of the molecule is CC[C@H](C)[C@H](NC(=O)[C@@H](NC(=O)[C@@H](N)CO)[C@@H](C)CC)C(=O)N[C@@H](CC(N)=O)C(=O)N[C@@H](Cc1ccccc1)C(=O)N[C@@H](CCC(=O)O)C(=O)N[C@@H](CCCCN)C(=O)N[C@@H](CC(C)C)C(=O)O.O=C(O)C(F)(F)F.O=C(O)C(F)(F)F. The summed E-state index contributed by atoms with van der Waals surface area (Å²) in [7, 11) is 0. The highest BCUT2D eigenvalue weighted by Crippen LogP contribution is 2.16. The van der Waals surface area contributed by atoms with Gasteiger partial charge in [0.1, 0.15) is 48.3 Å². The molecule has 0 aliphatic carbocycles. The van der Waals surface area contributed by atoms with Crippen molar-refractivity contribution in [2.24, 2.45) is 35.0 Å². The Morgan fingerprint density at radius 2 is 0.939 bits per heavy atom. The Morgan fingerprint density at radius 3 is 1.33 bits per heavy atom. The number of benzene rings is 1. The molecule has 0 saturated heterocycles. The molecule has 0 saturated carbocycles. The fourth-order valence-electron chi connectivity index (χ4n) is 6.80. The fourth-order valence-corrected chi connectivity index (χ4v) is 6.80. The third-order valence-corrected chi connectivity index (χ3v) is 11.7. The standard InChI is InChI=1S/C45H74N10O13.2C2HF3O2/c1-7-25(5)36(55-44(66)37(26(6)8-2)54-38(60)28(47)23-56)43(65)52-32(22-34(48)57)42(64)51-31(21-27-14-10-9-11-15-27)41(63)50-30(17-18-35(58)59)40(62)49-29(16-12-13-19-46)39(61)53-33(45(67)68)20-24(3)4;2*3-2(4,5)1(6)7/h9-11,14-15,24-26,28-33,36-37,56H,7-8,12-13,16-23,46-47H2,1-6H3,(H2,48,57)(H,49,62)(H,50,63)(H,51,64)(H,52,65)(H,53,61)(H,54,60)(H,55,66)(H,58,59)(H,67,68);2*(H,6,7)/t25-,26-,28-,29-,30-,31-,32-,33-,36-,37-;;/m0../s1. The summed E-state index contributed by atoms with van der Waals surface area (Å²) in [6, 6.07) is -3.11. The van der Waals surface area contributed by atoms with E-state index >= 15 is 0 Å².